The highest BCUT2D eigenvalue weighted by atomic mass is 79.9. The minimum atomic E-state index is 0.0399. The Hall–Kier alpha value is -1.85. The number of carbonyl (C=O) groups excluding carboxylic acids is 1. The molecule has 0 unspecified atom stereocenters. The number of aryl methyl sites for hydroxylation is 1. The molecule has 1 amide bonds. The standard InChI is InChI=1S/C21H25BrN2O2/c1-26-20-3-2-14-24(15-20)19-11-9-18(10-12-19)23-21(25)13-6-16-4-7-17(22)8-5-16/h4-5,7-12,20H,2-3,6,13-15H2,1H3,(H,23,25)/t20-/m1/s1. The summed E-state index contributed by atoms with van der Waals surface area (Å²) in [5.74, 6) is 0.0399. The molecule has 0 radical (unpaired) electrons. The molecule has 0 spiro atoms. The van der Waals surface area contributed by atoms with Crippen molar-refractivity contribution >= 4 is 33.2 Å². The van der Waals surface area contributed by atoms with Gasteiger partial charge in [0.2, 0.25) is 5.91 Å². The average molecular weight is 417 g/mol. The number of piperidine rings is 1. The highest BCUT2D eigenvalue weighted by Gasteiger charge is 2.19. The lowest BCUT2D eigenvalue weighted by molar-refractivity contribution is -0.116. The van der Waals surface area contributed by atoms with Gasteiger partial charge < -0.3 is 15.0 Å². The minimum Gasteiger partial charge on any atom is -0.380 e. The fourth-order valence-corrected chi connectivity index (χ4v) is 3.52. The van der Waals surface area contributed by atoms with Crippen molar-refractivity contribution in [1.29, 1.82) is 0 Å². The van der Waals surface area contributed by atoms with Crippen molar-refractivity contribution in [2.24, 2.45) is 0 Å². The van der Waals surface area contributed by atoms with Crippen LogP contribution in [-0.4, -0.2) is 32.2 Å². The number of ether oxygens (including phenoxy) is 1. The predicted molar refractivity (Wildman–Crippen MR) is 110 cm³/mol. The zero-order valence-corrected chi connectivity index (χ0v) is 16.7. The molecule has 1 N–H and O–H groups in total. The third kappa shape index (κ3) is 5.32. The Morgan fingerprint density at radius 3 is 2.62 bits per heavy atom. The third-order valence-corrected chi connectivity index (χ3v) is 5.31. The average Bonchev–Trinajstić information content (AvgIpc) is 2.68. The molecule has 0 aromatic heterocycles. The molecule has 1 aliphatic heterocycles. The molecule has 1 fully saturated rings. The van der Waals surface area contributed by atoms with Crippen LogP contribution in [0.4, 0.5) is 11.4 Å². The Morgan fingerprint density at radius 2 is 1.92 bits per heavy atom. The zero-order chi connectivity index (χ0) is 18.4. The summed E-state index contributed by atoms with van der Waals surface area (Å²) < 4.78 is 6.54. The van der Waals surface area contributed by atoms with Crippen LogP contribution in [0.15, 0.2) is 53.0 Å². The summed E-state index contributed by atoms with van der Waals surface area (Å²) in [6.45, 7) is 1.98. The summed E-state index contributed by atoms with van der Waals surface area (Å²) in [5, 5.41) is 2.98. The first kappa shape index (κ1) is 18.9. The highest BCUT2D eigenvalue weighted by Crippen LogP contribution is 2.23. The number of hydrogen-bond donors (Lipinski definition) is 1. The van der Waals surface area contributed by atoms with Crippen LogP contribution in [0.3, 0.4) is 0 Å². The van der Waals surface area contributed by atoms with Gasteiger partial charge >= 0.3 is 0 Å². The van der Waals surface area contributed by atoms with E-state index in [0.717, 1.165) is 48.1 Å². The van der Waals surface area contributed by atoms with E-state index in [1.807, 2.05) is 36.4 Å². The Balaban J connectivity index is 1.50. The Kier molecular flexibility index (Phi) is 6.69. The van der Waals surface area contributed by atoms with Crippen molar-refractivity contribution in [1.82, 2.24) is 0 Å². The van der Waals surface area contributed by atoms with Crippen molar-refractivity contribution in [2.75, 3.05) is 30.4 Å². The topological polar surface area (TPSA) is 41.6 Å². The summed E-state index contributed by atoms with van der Waals surface area (Å²) in [6, 6.07) is 16.2. The maximum absolute atomic E-state index is 12.2. The maximum Gasteiger partial charge on any atom is 0.224 e. The second kappa shape index (κ2) is 9.19. The zero-order valence-electron chi connectivity index (χ0n) is 15.1. The van der Waals surface area contributed by atoms with Gasteiger partial charge in [0.05, 0.1) is 6.10 Å². The van der Waals surface area contributed by atoms with Crippen LogP contribution in [0.25, 0.3) is 0 Å². The third-order valence-electron chi connectivity index (χ3n) is 4.78. The van der Waals surface area contributed by atoms with Gasteiger partial charge in [0, 0.05) is 42.5 Å². The number of carbonyl (C=O) groups is 1. The molecule has 1 heterocycles. The molecule has 0 aliphatic carbocycles. The molecule has 0 bridgehead atoms. The molecule has 1 saturated heterocycles. The van der Waals surface area contributed by atoms with Crippen LogP contribution in [0.5, 0.6) is 0 Å². The van der Waals surface area contributed by atoms with Gasteiger partial charge in [-0.25, -0.2) is 0 Å². The fraction of sp³-hybridized carbons (Fsp3) is 0.381. The number of hydrogen-bond acceptors (Lipinski definition) is 3. The molecular weight excluding hydrogens is 392 g/mol. The van der Waals surface area contributed by atoms with Crippen molar-refractivity contribution in [3.05, 3.63) is 58.6 Å². The monoisotopic (exact) mass is 416 g/mol. The predicted octanol–water partition coefficient (Wildman–Crippen LogP) is 4.64. The lowest BCUT2D eigenvalue weighted by atomic mass is 10.1. The number of nitrogens with zero attached hydrogens (tertiary/aromatic N) is 1. The molecule has 2 aromatic carbocycles. The van der Waals surface area contributed by atoms with E-state index in [2.05, 4.69) is 38.3 Å². The van der Waals surface area contributed by atoms with Crippen LogP contribution in [0.1, 0.15) is 24.8 Å². The van der Waals surface area contributed by atoms with Crippen LogP contribution in [-0.2, 0) is 16.0 Å². The number of nitrogens with one attached hydrogen (secondary N) is 1. The van der Waals surface area contributed by atoms with E-state index in [1.165, 1.54) is 5.69 Å². The van der Waals surface area contributed by atoms with E-state index in [4.69, 9.17) is 4.74 Å². The largest absolute Gasteiger partial charge is 0.380 e. The molecule has 1 aliphatic rings. The van der Waals surface area contributed by atoms with Crippen LogP contribution in [0.2, 0.25) is 0 Å². The molecule has 138 valence electrons. The quantitative estimate of drug-likeness (QED) is 0.745. The SMILES string of the molecule is CO[C@@H]1CCCN(c2ccc(NC(=O)CCc3ccc(Br)cc3)cc2)C1. The van der Waals surface area contributed by atoms with Gasteiger partial charge in [-0.15, -0.1) is 0 Å². The van der Waals surface area contributed by atoms with E-state index >= 15 is 0 Å². The first-order valence-electron chi connectivity index (χ1n) is 9.06. The Bertz CT molecular complexity index is 716. The summed E-state index contributed by atoms with van der Waals surface area (Å²) in [4.78, 5) is 14.5. The van der Waals surface area contributed by atoms with Crippen molar-refractivity contribution in [3.8, 4) is 0 Å². The second-order valence-corrected chi connectivity index (χ2v) is 7.58. The number of halogens is 1. The van der Waals surface area contributed by atoms with Gasteiger partial charge in [-0.1, -0.05) is 28.1 Å². The first-order valence-corrected chi connectivity index (χ1v) is 9.85. The molecule has 5 heteroatoms. The molecular formula is C21H25BrN2O2. The summed E-state index contributed by atoms with van der Waals surface area (Å²) >= 11 is 3.42. The van der Waals surface area contributed by atoms with Crippen molar-refractivity contribution in [2.45, 2.75) is 31.8 Å². The fourth-order valence-electron chi connectivity index (χ4n) is 3.25. The van der Waals surface area contributed by atoms with E-state index in [0.29, 0.717) is 12.5 Å². The number of anilines is 2. The van der Waals surface area contributed by atoms with Crippen molar-refractivity contribution in [3.63, 3.8) is 0 Å². The van der Waals surface area contributed by atoms with Gasteiger partial charge in [-0.2, -0.15) is 0 Å². The van der Waals surface area contributed by atoms with Gasteiger partial charge in [0.15, 0.2) is 0 Å². The minimum absolute atomic E-state index is 0.0399. The van der Waals surface area contributed by atoms with Crippen LogP contribution >= 0.6 is 15.9 Å². The number of rotatable bonds is 6. The first-order chi connectivity index (χ1) is 12.6. The molecule has 26 heavy (non-hydrogen) atoms. The van der Waals surface area contributed by atoms with Crippen LogP contribution in [0, 0.1) is 0 Å². The van der Waals surface area contributed by atoms with Gasteiger partial charge in [0.1, 0.15) is 0 Å². The van der Waals surface area contributed by atoms with Gasteiger partial charge in [-0.3, -0.25) is 4.79 Å². The lowest BCUT2D eigenvalue weighted by Crippen LogP contribution is -2.39. The maximum atomic E-state index is 12.2. The number of amides is 1. The van der Waals surface area contributed by atoms with Gasteiger partial charge in [0.25, 0.3) is 0 Å². The second-order valence-electron chi connectivity index (χ2n) is 6.67. The van der Waals surface area contributed by atoms with E-state index in [9.17, 15) is 4.79 Å². The molecule has 0 saturated carbocycles. The molecule has 4 nitrogen and oxygen atoms in total. The lowest BCUT2D eigenvalue weighted by Gasteiger charge is -2.33. The smallest absolute Gasteiger partial charge is 0.224 e. The number of methoxy groups -OCH3 is 1. The Labute approximate surface area is 163 Å². The Morgan fingerprint density at radius 1 is 1.19 bits per heavy atom. The number of benzene rings is 2. The van der Waals surface area contributed by atoms with Crippen LogP contribution < -0.4 is 10.2 Å². The normalized spacial score (nSPS) is 17.2. The van der Waals surface area contributed by atoms with E-state index in [1.54, 1.807) is 7.11 Å². The highest BCUT2D eigenvalue weighted by molar-refractivity contribution is 9.10. The van der Waals surface area contributed by atoms with Gasteiger partial charge in [-0.05, 0) is 61.2 Å². The van der Waals surface area contributed by atoms with Crippen molar-refractivity contribution < 1.29 is 9.53 Å². The molecule has 2 aromatic rings. The van der Waals surface area contributed by atoms with E-state index in [-0.39, 0.29) is 5.91 Å². The summed E-state index contributed by atoms with van der Waals surface area (Å²) in [5.41, 5.74) is 3.19. The molecule has 1 atom stereocenters. The van der Waals surface area contributed by atoms with E-state index < -0.39 is 0 Å². The summed E-state index contributed by atoms with van der Waals surface area (Å²) in [6.07, 6.45) is 3.79. The molecule has 3 rings (SSSR count). The summed E-state index contributed by atoms with van der Waals surface area (Å²) in [7, 11) is 1.78.